The van der Waals surface area contributed by atoms with Crippen LogP contribution in [0, 0.1) is 0 Å². The maximum Gasteiger partial charge on any atom is 0.306 e. The number of unbranched alkanes of at least 4 members (excludes halogenated alkanes) is 35. The molecule has 0 aliphatic heterocycles. The van der Waals surface area contributed by atoms with Crippen LogP contribution in [0.2, 0.25) is 0 Å². The van der Waals surface area contributed by atoms with Crippen molar-refractivity contribution < 1.29 is 28.6 Å². The standard InChI is InChI=1S/C62H112O6/c1-4-7-10-13-16-19-22-25-28-29-30-31-32-33-35-37-40-43-46-49-52-55-61(64)67-58-59(57-66-60(63)54-51-48-45-42-39-36-27-24-21-18-15-12-9-6-3)68-62(65)56-53-50-47-44-41-38-34-26-23-20-17-14-11-8-5-2/h15,17-18,20,24,26-27,34,59H,4-14,16,19,21-23,25,28-33,35-58H2,1-3H3/b18-15-,20-17-,27-24-,34-26-. The molecular weight excluding hydrogens is 841 g/mol. The van der Waals surface area contributed by atoms with E-state index in [-0.39, 0.29) is 31.1 Å². The summed E-state index contributed by atoms with van der Waals surface area (Å²) >= 11 is 0. The summed E-state index contributed by atoms with van der Waals surface area (Å²) < 4.78 is 16.9. The highest BCUT2D eigenvalue weighted by molar-refractivity contribution is 5.71. The number of esters is 3. The smallest absolute Gasteiger partial charge is 0.306 e. The molecule has 0 heterocycles. The van der Waals surface area contributed by atoms with E-state index in [9.17, 15) is 14.4 Å². The van der Waals surface area contributed by atoms with Crippen molar-refractivity contribution in [2.45, 2.75) is 316 Å². The molecular formula is C62H112O6. The van der Waals surface area contributed by atoms with Crippen LogP contribution in [-0.2, 0) is 28.6 Å². The Labute approximate surface area is 422 Å². The maximum absolute atomic E-state index is 12.8. The van der Waals surface area contributed by atoms with Gasteiger partial charge in [-0.05, 0) is 77.0 Å². The Kier molecular flexibility index (Phi) is 54.8. The molecule has 0 radical (unpaired) electrons. The largest absolute Gasteiger partial charge is 0.462 e. The molecule has 0 aromatic rings. The fourth-order valence-corrected chi connectivity index (χ4v) is 8.55. The fraction of sp³-hybridized carbons (Fsp3) is 0.823. The van der Waals surface area contributed by atoms with Crippen molar-refractivity contribution in [3.05, 3.63) is 48.6 Å². The number of allylic oxidation sites excluding steroid dienone is 8. The van der Waals surface area contributed by atoms with Crippen molar-refractivity contribution in [1.29, 1.82) is 0 Å². The van der Waals surface area contributed by atoms with E-state index in [2.05, 4.69) is 69.4 Å². The summed E-state index contributed by atoms with van der Waals surface area (Å²) in [5.74, 6) is -0.894. The Hall–Kier alpha value is -2.63. The minimum absolute atomic E-state index is 0.0805. The monoisotopic (exact) mass is 953 g/mol. The lowest BCUT2D eigenvalue weighted by atomic mass is 10.0. The van der Waals surface area contributed by atoms with Gasteiger partial charge in [-0.2, -0.15) is 0 Å². The van der Waals surface area contributed by atoms with Crippen LogP contribution in [-0.4, -0.2) is 37.2 Å². The zero-order chi connectivity index (χ0) is 49.3. The molecule has 6 nitrogen and oxygen atoms in total. The van der Waals surface area contributed by atoms with Gasteiger partial charge in [0.2, 0.25) is 0 Å². The van der Waals surface area contributed by atoms with E-state index in [1.807, 2.05) is 0 Å². The molecule has 1 unspecified atom stereocenters. The van der Waals surface area contributed by atoms with E-state index in [1.165, 1.54) is 167 Å². The van der Waals surface area contributed by atoms with Crippen molar-refractivity contribution in [3.8, 4) is 0 Å². The summed E-state index contributed by atoms with van der Waals surface area (Å²) in [5, 5.41) is 0. The molecule has 0 fully saturated rings. The minimum Gasteiger partial charge on any atom is -0.462 e. The Bertz CT molecular complexity index is 1190. The molecule has 0 aliphatic rings. The molecule has 0 rings (SSSR count). The zero-order valence-corrected chi connectivity index (χ0v) is 45.4. The highest BCUT2D eigenvalue weighted by Crippen LogP contribution is 2.17. The van der Waals surface area contributed by atoms with Crippen LogP contribution in [0.5, 0.6) is 0 Å². The molecule has 68 heavy (non-hydrogen) atoms. The molecule has 6 heteroatoms. The average molecular weight is 954 g/mol. The average Bonchev–Trinajstić information content (AvgIpc) is 3.34. The topological polar surface area (TPSA) is 78.9 Å². The summed E-state index contributed by atoms with van der Waals surface area (Å²) in [6.45, 7) is 6.59. The van der Waals surface area contributed by atoms with Gasteiger partial charge in [0.05, 0.1) is 0 Å². The number of hydrogen-bond acceptors (Lipinski definition) is 6. The van der Waals surface area contributed by atoms with Crippen LogP contribution in [0.1, 0.15) is 310 Å². The second-order valence-corrected chi connectivity index (χ2v) is 19.9. The van der Waals surface area contributed by atoms with Crippen molar-refractivity contribution in [3.63, 3.8) is 0 Å². The number of carbonyl (C=O) groups excluding carboxylic acids is 3. The first-order valence-electron chi connectivity index (χ1n) is 29.6. The maximum atomic E-state index is 12.8. The lowest BCUT2D eigenvalue weighted by Crippen LogP contribution is -2.30. The molecule has 0 saturated carbocycles. The second kappa shape index (κ2) is 57.0. The summed E-state index contributed by atoms with van der Waals surface area (Å²) in [4.78, 5) is 38.2. The molecule has 0 amide bonds. The highest BCUT2D eigenvalue weighted by Gasteiger charge is 2.19. The lowest BCUT2D eigenvalue weighted by molar-refractivity contribution is -0.167. The van der Waals surface area contributed by atoms with Gasteiger partial charge in [0.25, 0.3) is 0 Å². The SMILES string of the molecule is CCCC/C=C\C/C=C\CCCCCCCC(=O)OCC(COC(=O)CCCCCCCCCCCCCCCCCCCCCCC)OC(=O)CCCCCCC/C=C\C/C=C\CCCCC. The van der Waals surface area contributed by atoms with Crippen LogP contribution >= 0.6 is 0 Å². The lowest BCUT2D eigenvalue weighted by Gasteiger charge is -2.18. The van der Waals surface area contributed by atoms with E-state index in [4.69, 9.17) is 14.2 Å². The highest BCUT2D eigenvalue weighted by atomic mass is 16.6. The molecule has 1 atom stereocenters. The third-order valence-electron chi connectivity index (χ3n) is 13.1. The van der Waals surface area contributed by atoms with Gasteiger partial charge in [-0.1, -0.05) is 262 Å². The van der Waals surface area contributed by atoms with Gasteiger partial charge >= 0.3 is 17.9 Å². The first-order chi connectivity index (χ1) is 33.5. The van der Waals surface area contributed by atoms with Gasteiger partial charge in [-0.15, -0.1) is 0 Å². The van der Waals surface area contributed by atoms with E-state index in [1.54, 1.807) is 0 Å². The summed E-state index contributed by atoms with van der Waals surface area (Å²) in [6.07, 6.45) is 69.6. The quantitative estimate of drug-likeness (QED) is 0.0262. The van der Waals surface area contributed by atoms with Crippen molar-refractivity contribution in [2.75, 3.05) is 13.2 Å². The number of carbonyl (C=O) groups is 3. The van der Waals surface area contributed by atoms with Crippen LogP contribution in [0.15, 0.2) is 48.6 Å². The van der Waals surface area contributed by atoms with Gasteiger partial charge in [0.15, 0.2) is 6.10 Å². The normalized spacial score (nSPS) is 12.3. The molecule has 0 aliphatic carbocycles. The molecule has 0 saturated heterocycles. The third-order valence-corrected chi connectivity index (χ3v) is 13.1. The Morgan fingerprint density at radius 2 is 0.544 bits per heavy atom. The van der Waals surface area contributed by atoms with E-state index in [0.717, 1.165) is 103 Å². The van der Waals surface area contributed by atoms with Crippen LogP contribution in [0.25, 0.3) is 0 Å². The minimum atomic E-state index is -0.784. The van der Waals surface area contributed by atoms with Gasteiger partial charge in [-0.3, -0.25) is 14.4 Å². The molecule has 0 aromatic carbocycles. The zero-order valence-electron chi connectivity index (χ0n) is 45.4. The van der Waals surface area contributed by atoms with Crippen molar-refractivity contribution in [1.82, 2.24) is 0 Å². The van der Waals surface area contributed by atoms with Crippen molar-refractivity contribution in [2.24, 2.45) is 0 Å². The Morgan fingerprint density at radius 1 is 0.294 bits per heavy atom. The number of ether oxygens (including phenoxy) is 3. The Balaban J connectivity index is 4.32. The van der Waals surface area contributed by atoms with Gasteiger partial charge in [0, 0.05) is 19.3 Å². The predicted molar refractivity (Wildman–Crippen MR) is 293 cm³/mol. The third kappa shape index (κ3) is 54.3. The predicted octanol–water partition coefficient (Wildman–Crippen LogP) is 19.8. The van der Waals surface area contributed by atoms with E-state index < -0.39 is 6.10 Å². The summed E-state index contributed by atoms with van der Waals surface area (Å²) in [7, 11) is 0. The van der Waals surface area contributed by atoms with Crippen LogP contribution in [0.4, 0.5) is 0 Å². The molecule has 0 bridgehead atoms. The summed E-state index contributed by atoms with van der Waals surface area (Å²) in [5.41, 5.74) is 0. The van der Waals surface area contributed by atoms with Crippen LogP contribution in [0.3, 0.4) is 0 Å². The van der Waals surface area contributed by atoms with Gasteiger partial charge in [-0.25, -0.2) is 0 Å². The molecule has 0 N–H and O–H groups in total. The van der Waals surface area contributed by atoms with E-state index >= 15 is 0 Å². The van der Waals surface area contributed by atoms with E-state index in [0.29, 0.717) is 19.3 Å². The second-order valence-electron chi connectivity index (χ2n) is 19.9. The number of hydrogen-bond donors (Lipinski definition) is 0. The first-order valence-corrected chi connectivity index (χ1v) is 29.6. The number of rotatable bonds is 54. The molecule has 396 valence electrons. The van der Waals surface area contributed by atoms with Gasteiger partial charge < -0.3 is 14.2 Å². The fourth-order valence-electron chi connectivity index (χ4n) is 8.55. The van der Waals surface area contributed by atoms with Crippen LogP contribution < -0.4 is 0 Å². The van der Waals surface area contributed by atoms with Gasteiger partial charge in [0.1, 0.15) is 13.2 Å². The molecule has 0 aromatic heterocycles. The Morgan fingerprint density at radius 3 is 0.882 bits per heavy atom. The summed E-state index contributed by atoms with van der Waals surface area (Å²) in [6, 6.07) is 0. The molecule has 0 spiro atoms. The first kappa shape index (κ1) is 65.4. The van der Waals surface area contributed by atoms with Crippen molar-refractivity contribution >= 4 is 17.9 Å².